The lowest BCUT2D eigenvalue weighted by Gasteiger charge is -2.21. The third kappa shape index (κ3) is 4.32. The second-order valence-electron chi connectivity index (χ2n) is 4.76. The molecule has 0 saturated heterocycles. The summed E-state index contributed by atoms with van der Waals surface area (Å²) in [6.07, 6.45) is 8.89. The molecule has 0 heterocycles. The molecule has 1 unspecified atom stereocenters. The lowest BCUT2D eigenvalue weighted by Crippen LogP contribution is -2.08. The van der Waals surface area contributed by atoms with Gasteiger partial charge in [0.1, 0.15) is 6.29 Å². The molecule has 0 radical (unpaired) electrons. The number of aliphatic carboxylic acids is 1. The minimum atomic E-state index is -0.864. The second-order valence-corrected chi connectivity index (χ2v) is 4.76. The molecule has 1 atom stereocenters. The number of allylic oxidation sites excluding steroid dienone is 4. The highest BCUT2D eigenvalue weighted by Crippen LogP contribution is 2.29. The molecule has 0 aromatic heterocycles. The molecule has 0 saturated carbocycles. The van der Waals surface area contributed by atoms with Crippen LogP contribution in [0.1, 0.15) is 39.0 Å². The lowest BCUT2D eigenvalue weighted by atomic mass is 9.83. The minimum Gasteiger partial charge on any atom is -0.478 e. The van der Waals surface area contributed by atoms with E-state index in [1.165, 1.54) is 0 Å². The van der Waals surface area contributed by atoms with Crippen molar-refractivity contribution in [2.75, 3.05) is 0 Å². The van der Waals surface area contributed by atoms with E-state index < -0.39 is 5.97 Å². The number of carboxylic acids is 1. The molecule has 3 nitrogen and oxygen atoms in total. The highest BCUT2D eigenvalue weighted by atomic mass is 16.4. The zero-order valence-electron chi connectivity index (χ0n) is 10.8. The molecule has 0 aliphatic heterocycles. The molecule has 0 amide bonds. The summed E-state index contributed by atoms with van der Waals surface area (Å²) in [5, 5.41) is 8.72. The second kappa shape index (κ2) is 6.94. The first-order chi connectivity index (χ1) is 8.54. The normalized spacial score (nSPS) is 20.2. The van der Waals surface area contributed by atoms with Crippen LogP contribution in [0.3, 0.4) is 0 Å². The van der Waals surface area contributed by atoms with Crippen LogP contribution >= 0.6 is 0 Å². The Kier molecular flexibility index (Phi) is 5.56. The third-order valence-corrected chi connectivity index (χ3v) is 3.43. The predicted octanol–water partition coefficient (Wildman–Crippen LogP) is 3.28. The van der Waals surface area contributed by atoms with Gasteiger partial charge in [-0.3, -0.25) is 4.79 Å². The van der Waals surface area contributed by atoms with E-state index in [4.69, 9.17) is 5.11 Å². The summed E-state index contributed by atoms with van der Waals surface area (Å²) >= 11 is 0. The average Bonchev–Trinajstić information content (AvgIpc) is 2.38. The van der Waals surface area contributed by atoms with Crippen molar-refractivity contribution in [3.63, 3.8) is 0 Å². The van der Waals surface area contributed by atoms with Gasteiger partial charge in [-0.2, -0.15) is 0 Å². The standard InChI is InChI=1S/C15H20O3/c1-11(4-3-5-12(2)15(17)18)14-8-6-13(10-16)7-9-14/h5-6,10,14H,1,3-4,7-9H2,2H3,(H,17,18). The predicted molar refractivity (Wildman–Crippen MR) is 71.3 cm³/mol. The van der Waals surface area contributed by atoms with Crippen molar-refractivity contribution >= 4 is 12.3 Å². The largest absolute Gasteiger partial charge is 0.478 e. The number of hydrogen-bond acceptors (Lipinski definition) is 2. The molecule has 1 aliphatic carbocycles. The molecule has 0 aromatic rings. The van der Waals surface area contributed by atoms with Gasteiger partial charge < -0.3 is 5.11 Å². The van der Waals surface area contributed by atoms with Gasteiger partial charge in [-0.1, -0.05) is 24.3 Å². The third-order valence-electron chi connectivity index (χ3n) is 3.43. The number of carboxylic acid groups (broad SMARTS) is 1. The van der Waals surface area contributed by atoms with E-state index in [9.17, 15) is 9.59 Å². The molecule has 98 valence electrons. The number of carbonyl (C=O) groups is 2. The van der Waals surface area contributed by atoms with Crippen LogP contribution in [0.5, 0.6) is 0 Å². The molecule has 18 heavy (non-hydrogen) atoms. The Morgan fingerprint density at radius 3 is 2.83 bits per heavy atom. The molecule has 0 fully saturated rings. The van der Waals surface area contributed by atoms with Gasteiger partial charge in [0.15, 0.2) is 0 Å². The van der Waals surface area contributed by atoms with Gasteiger partial charge in [-0.05, 0) is 50.5 Å². The number of aldehydes is 1. The minimum absolute atomic E-state index is 0.384. The van der Waals surface area contributed by atoms with Gasteiger partial charge in [0.2, 0.25) is 0 Å². The van der Waals surface area contributed by atoms with E-state index in [0.29, 0.717) is 11.5 Å². The quantitative estimate of drug-likeness (QED) is 0.446. The average molecular weight is 248 g/mol. The fraction of sp³-hybridized carbons (Fsp3) is 0.467. The first kappa shape index (κ1) is 14.4. The maximum atomic E-state index is 10.6. The SMILES string of the molecule is C=C(CCC=C(C)C(=O)O)C1CC=C(C=O)CC1. The van der Waals surface area contributed by atoms with Gasteiger partial charge in [0.25, 0.3) is 0 Å². The van der Waals surface area contributed by atoms with Crippen molar-refractivity contribution in [3.05, 3.63) is 35.5 Å². The van der Waals surface area contributed by atoms with E-state index >= 15 is 0 Å². The molecule has 3 heteroatoms. The summed E-state index contributed by atoms with van der Waals surface area (Å²) in [5.41, 5.74) is 2.43. The molecule has 1 N–H and O–H groups in total. The summed E-state index contributed by atoms with van der Waals surface area (Å²) in [4.78, 5) is 21.2. The Balaban J connectivity index is 2.39. The van der Waals surface area contributed by atoms with E-state index in [1.54, 1.807) is 13.0 Å². The van der Waals surface area contributed by atoms with E-state index in [-0.39, 0.29) is 0 Å². The molecular weight excluding hydrogens is 228 g/mol. The van der Waals surface area contributed by atoms with E-state index in [2.05, 4.69) is 6.58 Å². The van der Waals surface area contributed by atoms with Crippen LogP contribution < -0.4 is 0 Å². The molecule has 1 rings (SSSR count). The number of hydrogen-bond donors (Lipinski definition) is 1. The number of carbonyl (C=O) groups excluding carboxylic acids is 1. The van der Waals surface area contributed by atoms with Crippen LogP contribution in [0.4, 0.5) is 0 Å². The smallest absolute Gasteiger partial charge is 0.330 e. The topological polar surface area (TPSA) is 54.4 Å². The summed E-state index contributed by atoms with van der Waals surface area (Å²) in [5.74, 6) is -0.427. The van der Waals surface area contributed by atoms with Crippen LogP contribution in [0.2, 0.25) is 0 Å². The molecular formula is C15H20O3. The van der Waals surface area contributed by atoms with Gasteiger partial charge >= 0.3 is 5.97 Å². The fourth-order valence-corrected chi connectivity index (χ4v) is 2.10. The Labute approximate surface area is 108 Å². The molecule has 1 aliphatic rings. The molecule has 0 bridgehead atoms. The highest BCUT2D eigenvalue weighted by Gasteiger charge is 2.16. The van der Waals surface area contributed by atoms with Crippen LogP contribution in [0.15, 0.2) is 35.5 Å². The summed E-state index contributed by atoms with van der Waals surface area (Å²) in [6, 6.07) is 0. The Bertz CT molecular complexity index is 402. The van der Waals surface area contributed by atoms with Crippen LogP contribution in [-0.4, -0.2) is 17.4 Å². The Morgan fingerprint density at radius 1 is 1.61 bits per heavy atom. The van der Waals surface area contributed by atoms with E-state index in [0.717, 1.165) is 49.5 Å². The Morgan fingerprint density at radius 2 is 2.33 bits per heavy atom. The maximum Gasteiger partial charge on any atom is 0.330 e. The monoisotopic (exact) mass is 248 g/mol. The van der Waals surface area contributed by atoms with Crippen molar-refractivity contribution in [2.24, 2.45) is 5.92 Å². The molecule has 0 spiro atoms. The maximum absolute atomic E-state index is 10.6. The van der Waals surface area contributed by atoms with E-state index in [1.807, 2.05) is 6.08 Å². The Hall–Kier alpha value is -1.64. The van der Waals surface area contributed by atoms with Crippen LogP contribution in [0, 0.1) is 5.92 Å². The summed E-state index contributed by atoms with van der Waals surface area (Å²) in [7, 11) is 0. The first-order valence-electron chi connectivity index (χ1n) is 6.26. The first-order valence-corrected chi connectivity index (χ1v) is 6.26. The van der Waals surface area contributed by atoms with Gasteiger partial charge in [-0.15, -0.1) is 0 Å². The van der Waals surface area contributed by atoms with Crippen LogP contribution in [0.25, 0.3) is 0 Å². The molecule has 0 aromatic carbocycles. The van der Waals surface area contributed by atoms with Gasteiger partial charge in [0.05, 0.1) is 0 Å². The van der Waals surface area contributed by atoms with Gasteiger partial charge in [-0.25, -0.2) is 4.79 Å². The van der Waals surface area contributed by atoms with Crippen LogP contribution in [-0.2, 0) is 9.59 Å². The van der Waals surface area contributed by atoms with Gasteiger partial charge in [0, 0.05) is 5.57 Å². The highest BCUT2D eigenvalue weighted by molar-refractivity contribution is 5.85. The fourth-order valence-electron chi connectivity index (χ4n) is 2.10. The van der Waals surface area contributed by atoms with Crippen molar-refractivity contribution in [3.8, 4) is 0 Å². The zero-order valence-corrected chi connectivity index (χ0v) is 10.8. The summed E-state index contributed by atoms with van der Waals surface area (Å²) in [6.45, 7) is 5.68. The van der Waals surface area contributed by atoms with Crippen molar-refractivity contribution in [2.45, 2.75) is 39.0 Å². The number of rotatable bonds is 6. The zero-order chi connectivity index (χ0) is 13.5. The lowest BCUT2D eigenvalue weighted by molar-refractivity contribution is -0.132. The summed E-state index contributed by atoms with van der Waals surface area (Å²) < 4.78 is 0. The van der Waals surface area contributed by atoms with Crippen molar-refractivity contribution in [1.29, 1.82) is 0 Å². The van der Waals surface area contributed by atoms with Crippen molar-refractivity contribution in [1.82, 2.24) is 0 Å². The van der Waals surface area contributed by atoms with Crippen molar-refractivity contribution < 1.29 is 14.7 Å².